The van der Waals surface area contributed by atoms with Crippen molar-refractivity contribution >= 4 is 21.8 Å². The van der Waals surface area contributed by atoms with E-state index < -0.39 is 0 Å². The van der Waals surface area contributed by atoms with E-state index in [1.165, 1.54) is 12.8 Å². The summed E-state index contributed by atoms with van der Waals surface area (Å²) in [6, 6.07) is 2.71. The predicted octanol–water partition coefficient (Wildman–Crippen LogP) is 3.39. The number of amides is 1. The van der Waals surface area contributed by atoms with E-state index >= 15 is 0 Å². The van der Waals surface area contributed by atoms with Crippen molar-refractivity contribution in [2.45, 2.75) is 45.7 Å². The molecule has 4 nitrogen and oxygen atoms in total. The second-order valence-electron chi connectivity index (χ2n) is 6.15. The van der Waals surface area contributed by atoms with Crippen molar-refractivity contribution in [1.82, 2.24) is 14.4 Å². The number of carbonyl (C=O) groups is 1. The van der Waals surface area contributed by atoms with Gasteiger partial charge in [0.2, 0.25) is 0 Å². The van der Waals surface area contributed by atoms with Gasteiger partial charge in [-0.15, -0.1) is 0 Å². The van der Waals surface area contributed by atoms with Crippen molar-refractivity contribution in [2.75, 3.05) is 26.7 Å². The number of aromatic nitrogens is 1. The van der Waals surface area contributed by atoms with Crippen molar-refractivity contribution < 1.29 is 4.79 Å². The minimum atomic E-state index is 0.109. The van der Waals surface area contributed by atoms with Gasteiger partial charge in [0.15, 0.2) is 0 Å². The second-order valence-corrected chi connectivity index (χ2v) is 7.07. The maximum absolute atomic E-state index is 12.7. The van der Waals surface area contributed by atoms with Gasteiger partial charge in [0.1, 0.15) is 5.69 Å². The molecule has 2 rings (SSSR count). The second kappa shape index (κ2) is 6.97. The highest BCUT2D eigenvalue weighted by atomic mass is 79.9. The molecule has 21 heavy (non-hydrogen) atoms. The molecular formula is C16H26BrN3O. The van der Waals surface area contributed by atoms with Crippen LogP contribution in [-0.2, 0) is 0 Å². The van der Waals surface area contributed by atoms with Crippen LogP contribution in [0.2, 0.25) is 0 Å². The third kappa shape index (κ3) is 3.69. The largest absolute Gasteiger partial charge is 0.340 e. The normalized spacial score (nSPS) is 19.4. The number of hydrogen-bond acceptors (Lipinski definition) is 2. The van der Waals surface area contributed by atoms with Crippen LogP contribution in [0.4, 0.5) is 0 Å². The summed E-state index contributed by atoms with van der Waals surface area (Å²) in [5.41, 5.74) is 0.764. The quantitative estimate of drug-likeness (QED) is 0.809. The van der Waals surface area contributed by atoms with Gasteiger partial charge in [-0.05, 0) is 61.8 Å². The van der Waals surface area contributed by atoms with E-state index in [2.05, 4.69) is 41.6 Å². The Balaban J connectivity index is 2.09. The summed E-state index contributed by atoms with van der Waals surface area (Å²) in [7, 11) is 1.92. The number of halogens is 1. The van der Waals surface area contributed by atoms with Crippen LogP contribution >= 0.6 is 15.9 Å². The molecule has 1 atom stereocenters. The van der Waals surface area contributed by atoms with E-state index in [-0.39, 0.29) is 11.9 Å². The molecule has 1 unspecified atom stereocenters. The number of hydrogen-bond donors (Lipinski definition) is 0. The number of nitrogens with zero attached hydrogens (tertiary/aromatic N) is 3. The number of rotatable bonds is 5. The van der Waals surface area contributed by atoms with E-state index in [4.69, 9.17) is 0 Å². The summed E-state index contributed by atoms with van der Waals surface area (Å²) in [5, 5.41) is 0. The first kappa shape index (κ1) is 16.6. The first-order chi connectivity index (χ1) is 9.93. The van der Waals surface area contributed by atoms with Crippen molar-refractivity contribution in [1.29, 1.82) is 0 Å². The Morgan fingerprint density at radius 3 is 2.86 bits per heavy atom. The van der Waals surface area contributed by atoms with E-state index in [0.29, 0.717) is 6.04 Å². The third-order valence-electron chi connectivity index (χ3n) is 4.33. The Labute approximate surface area is 136 Å². The smallest absolute Gasteiger partial charge is 0.270 e. The first-order valence-electron chi connectivity index (χ1n) is 7.81. The molecule has 0 spiro atoms. The Kier molecular flexibility index (Phi) is 5.49. The summed E-state index contributed by atoms with van der Waals surface area (Å²) in [4.78, 5) is 17.1. The summed E-state index contributed by atoms with van der Waals surface area (Å²) in [5.74, 6) is 0.109. The lowest BCUT2D eigenvalue weighted by atomic mass is 10.2. The van der Waals surface area contributed by atoms with Gasteiger partial charge in [0.05, 0.1) is 0 Å². The van der Waals surface area contributed by atoms with E-state index in [1.54, 1.807) is 0 Å². The molecule has 0 radical (unpaired) electrons. The van der Waals surface area contributed by atoms with Gasteiger partial charge in [0.25, 0.3) is 5.91 Å². The summed E-state index contributed by atoms with van der Waals surface area (Å²) in [6.45, 7) is 9.44. The topological polar surface area (TPSA) is 28.5 Å². The Morgan fingerprint density at radius 2 is 2.24 bits per heavy atom. The van der Waals surface area contributed by atoms with E-state index in [0.717, 1.165) is 29.8 Å². The molecule has 1 aliphatic rings. The summed E-state index contributed by atoms with van der Waals surface area (Å²) >= 11 is 3.48. The highest BCUT2D eigenvalue weighted by molar-refractivity contribution is 9.10. The standard InChI is InChI=1S/C16H26BrN3O/c1-5-19-8-6-7-14(19)11-18(4)16(21)15-9-13(17)10-20(15)12(2)3/h9-10,12,14H,5-8,11H2,1-4H3. The van der Waals surface area contributed by atoms with Crippen molar-refractivity contribution in [3.63, 3.8) is 0 Å². The lowest BCUT2D eigenvalue weighted by Crippen LogP contribution is -2.41. The average molecular weight is 356 g/mol. The van der Waals surface area contributed by atoms with Crippen molar-refractivity contribution in [2.24, 2.45) is 0 Å². The van der Waals surface area contributed by atoms with Crippen LogP contribution < -0.4 is 0 Å². The fourth-order valence-corrected chi connectivity index (χ4v) is 3.59. The maximum Gasteiger partial charge on any atom is 0.270 e. The molecule has 118 valence electrons. The molecular weight excluding hydrogens is 330 g/mol. The molecule has 1 aliphatic heterocycles. The Morgan fingerprint density at radius 1 is 1.52 bits per heavy atom. The molecule has 1 amide bonds. The Hall–Kier alpha value is -0.810. The van der Waals surface area contributed by atoms with Crippen LogP contribution in [-0.4, -0.2) is 53.0 Å². The number of likely N-dealkylation sites (N-methyl/N-ethyl adjacent to an activating group) is 2. The highest BCUT2D eigenvalue weighted by Gasteiger charge is 2.27. The highest BCUT2D eigenvalue weighted by Crippen LogP contribution is 2.22. The van der Waals surface area contributed by atoms with Crippen molar-refractivity contribution in [3.05, 3.63) is 22.4 Å². The van der Waals surface area contributed by atoms with Gasteiger partial charge < -0.3 is 9.47 Å². The van der Waals surface area contributed by atoms with Crippen LogP contribution in [0, 0.1) is 0 Å². The fraction of sp³-hybridized carbons (Fsp3) is 0.688. The molecule has 0 N–H and O–H groups in total. The molecule has 1 saturated heterocycles. The summed E-state index contributed by atoms with van der Waals surface area (Å²) < 4.78 is 3.00. The van der Waals surface area contributed by atoms with Gasteiger partial charge in [-0.3, -0.25) is 9.69 Å². The molecule has 0 saturated carbocycles. The van der Waals surface area contributed by atoms with Crippen LogP contribution in [0.5, 0.6) is 0 Å². The molecule has 0 aromatic carbocycles. The van der Waals surface area contributed by atoms with Gasteiger partial charge in [-0.1, -0.05) is 6.92 Å². The van der Waals surface area contributed by atoms with Gasteiger partial charge in [0, 0.05) is 36.3 Å². The van der Waals surface area contributed by atoms with Gasteiger partial charge in [-0.2, -0.15) is 0 Å². The summed E-state index contributed by atoms with van der Waals surface area (Å²) in [6.07, 6.45) is 4.43. The van der Waals surface area contributed by atoms with Crippen molar-refractivity contribution in [3.8, 4) is 0 Å². The van der Waals surface area contributed by atoms with Gasteiger partial charge in [-0.25, -0.2) is 0 Å². The Bertz CT molecular complexity index is 498. The zero-order chi connectivity index (χ0) is 15.6. The lowest BCUT2D eigenvalue weighted by molar-refractivity contribution is 0.0742. The molecule has 2 heterocycles. The lowest BCUT2D eigenvalue weighted by Gasteiger charge is -2.28. The zero-order valence-electron chi connectivity index (χ0n) is 13.5. The van der Waals surface area contributed by atoms with E-state index in [9.17, 15) is 4.79 Å². The van der Waals surface area contributed by atoms with Crippen LogP contribution in [0.3, 0.4) is 0 Å². The molecule has 5 heteroatoms. The minimum Gasteiger partial charge on any atom is -0.340 e. The monoisotopic (exact) mass is 355 g/mol. The minimum absolute atomic E-state index is 0.109. The molecule has 1 aromatic heterocycles. The predicted molar refractivity (Wildman–Crippen MR) is 89.7 cm³/mol. The third-order valence-corrected chi connectivity index (χ3v) is 4.76. The average Bonchev–Trinajstić information content (AvgIpc) is 3.03. The SMILES string of the molecule is CCN1CCCC1CN(C)C(=O)c1cc(Br)cn1C(C)C. The molecule has 1 aromatic rings. The zero-order valence-corrected chi connectivity index (χ0v) is 15.1. The fourth-order valence-electron chi connectivity index (χ4n) is 3.16. The first-order valence-corrected chi connectivity index (χ1v) is 8.60. The molecule has 1 fully saturated rings. The molecule has 0 bridgehead atoms. The van der Waals surface area contributed by atoms with Crippen LogP contribution in [0.25, 0.3) is 0 Å². The molecule has 0 aliphatic carbocycles. The number of likely N-dealkylation sites (tertiary alicyclic amines) is 1. The van der Waals surface area contributed by atoms with Crippen LogP contribution in [0.1, 0.15) is 50.1 Å². The maximum atomic E-state index is 12.7. The van der Waals surface area contributed by atoms with Crippen LogP contribution in [0.15, 0.2) is 16.7 Å². The van der Waals surface area contributed by atoms with E-state index in [1.807, 2.05) is 28.8 Å². The number of carbonyl (C=O) groups excluding carboxylic acids is 1. The van der Waals surface area contributed by atoms with Gasteiger partial charge >= 0.3 is 0 Å².